The fourth-order valence-corrected chi connectivity index (χ4v) is 3.68. The van der Waals surface area contributed by atoms with Gasteiger partial charge >= 0.3 is 0 Å². The average Bonchev–Trinajstić information content (AvgIpc) is 3.22. The Balaban J connectivity index is 1.77. The first-order valence-electron chi connectivity index (χ1n) is 6.89. The van der Waals surface area contributed by atoms with Gasteiger partial charge in [-0.2, -0.15) is 0 Å². The molecule has 86 valence electrons. The minimum atomic E-state index is 0.601. The molecule has 1 spiro atoms. The van der Waals surface area contributed by atoms with E-state index in [-0.39, 0.29) is 0 Å². The SMILES string of the molecule is CCCCCC1(c2ccccc2)CC12CC2. The van der Waals surface area contributed by atoms with Crippen LogP contribution >= 0.6 is 0 Å². The highest BCUT2D eigenvalue weighted by Crippen LogP contribution is 2.80. The van der Waals surface area contributed by atoms with E-state index in [0.717, 1.165) is 5.41 Å². The van der Waals surface area contributed by atoms with E-state index in [1.165, 1.54) is 44.9 Å². The molecule has 0 nitrogen and oxygen atoms in total. The maximum Gasteiger partial charge on any atom is 0.00153 e. The van der Waals surface area contributed by atoms with Crippen LogP contribution in [-0.4, -0.2) is 0 Å². The Morgan fingerprint density at radius 3 is 2.38 bits per heavy atom. The van der Waals surface area contributed by atoms with E-state index in [4.69, 9.17) is 0 Å². The van der Waals surface area contributed by atoms with Gasteiger partial charge in [-0.15, -0.1) is 0 Å². The molecule has 2 aliphatic carbocycles. The summed E-state index contributed by atoms with van der Waals surface area (Å²) < 4.78 is 0. The van der Waals surface area contributed by atoms with Crippen LogP contribution in [0.2, 0.25) is 0 Å². The number of hydrogen-bond acceptors (Lipinski definition) is 0. The number of unbranched alkanes of at least 4 members (excludes halogenated alkanes) is 2. The second kappa shape index (κ2) is 3.61. The van der Waals surface area contributed by atoms with Crippen LogP contribution in [0.5, 0.6) is 0 Å². The molecule has 1 aromatic rings. The number of rotatable bonds is 5. The third-order valence-electron chi connectivity index (χ3n) is 4.92. The van der Waals surface area contributed by atoms with Gasteiger partial charge in [-0.25, -0.2) is 0 Å². The third-order valence-corrected chi connectivity index (χ3v) is 4.92. The van der Waals surface area contributed by atoms with Crippen LogP contribution in [0.1, 0.15) is 57.4 Å². The first-order chi connectivity index (χ1) is 7.83. The Bertz CT molecular complexity index is 361. The molecule has 0 heterocycles. The van der Waals surface area contributed by atoms with E-state index < -0.39 is 0 Å². The van der Waals surface area contributed by atoms with Crippen LogP contribution < -0.4 is 0 Å². The molecule has 0 N–H and O–H groups in total. The van der Waals surface area contributed by atoms with Gasteiger partial charge in [0.2, 0.25) is 0 Å². The predicted octanol–water partition coefficient (Wildman–Crippen LogP) is 4.69. The van der Waals surface area contributed by atoms with Crippen molar-refractivity contribution in [3.8, 4) is 0 Å². The van der Waals surface area contributed by atoms with Crippen LogP contribution in [0.15, 0.2) is 30.3 Å². The molecule has 0 aromatic heterocycles. The molecule has 0 aliphatic heterocycles. The first-order valence-corrected chi connectivity index (χ1v) is 6.89. The zero-order chi connectivity index (χ0) is 11.1. The van der Waals surface area contributed by atoms with Crippen molar-refractivity contribution in [3.05, 3.63) is 35.9 Å². The van der Waals surface area contributed by atoms with Gasteiger partial charge < -0.3 is 0 Å². The zero-order valence-corrected chi connectivity index (χ0v) is 10.3. The van der Waals surface area contributed by atoms with E-state index in [9.17, 15) is 0 Å². The summed E-state index contributed by atoms with van der Waals surface area (Å²) in [6.45, 7) is 2.30. The van der Waals surface area contributed by atoms with Gasteiger partial charge in [0.05, 0.1) is 0 Å². The molecule has 0 bridgehead atoms. The highest BCUT2D eigenvalue weighted by atomic mass is 14.8. The molecule has 1 unspecified atom stereocenters. The van der Waals surface area contributed by atoms with Crippen molar-refractivity contribution >= 4 is 0 Å². The van der Waals surface area contributed by atoms with Gasteiger partial charge in [0, 0.05) is 5.41 Å². The van der Waals surface area contributed by atoms with Crippen LogP contribution in [0.4, 0.5) is 0 Å². The van der Waals surface area contributed by atoms with E-state index in [1.54, 1.807) is 5.56 Å². The Labute approximate surface area is 99.1 Å². The molecule has 0 radical (unpaired) electrons. The molecule has 1 atom stereocenters. The summed E-state index contributed by atoms with van der Waals surface area (Å²) in [5.74, 6) is 0. The Kier molecular flexibility index (Phi) is 2.34. The molecule has 3 rings (SSSR count). The van der Waals surface area contributed by atoms with E-state index in [1.807, 2.05) is 0 Å². The van der Waals surface area contributed by atoms with Crippen molar-refractivity contribution in [2.75, 3.05) is 0 Å². The number of benzene rings is 1. The second-order valence-electron chi connectivity index (χ2n) is 5.86. The van der Waals surface area contributed by atoms with Crippen LogP contribution in [0, 0.1) is 5.41 Å². The first kappa shape index (κ1) is 10.4. The summed E-state index contributed by atoms with van der Waals surface area (Å²) in [6, 6.07) is 11.3. The minimum Gasteiger partial charge on any atom is -0.0654 e. The lowest BCUT2D eigenvalue weighted by Crippen LogP contribution is -2.10. The summed E-state index contributed by atoms with van der Waals surface area (Å²) in [7, 11) is 0. The molecular formula is C16H22. The highest BCUT2D eigenvalue weighted by Gasteiger charge is 2.73. The van der Waals surface area contributed by atoms with E-state index >= 15 is 0 Å². The fourth-order valence-electron chi connectivity index (χ4n) is 3.68. The molecule has 16 heavy (non-hydrogen) atoms. The van der Waals surface area contributed by atoms with Gasteiger partial charge in [-0.1, -0.05) is 56.5 Å². The molecule has 0 saturated heterocycles. The van der Waals surface area contributed by atoms with Crippen molar-refractivity contribution in [1.82, 2.24) is 0 Å². The quantitative estimate of drug-likeness (QED) is 0.624. The molecular weight excluding hydrogens is 192 g/mol. The van der Waals surface area contributed by atoms with Crippen molar-refractivity contribution in [1.29, 1.82) is 0 Å². The van der Waals surface area contributed by atoms with Gasteiger partial charge in [0.25, 0.3) is 0 Å². The van der Waals surface area contributed by atoms with Crippen molar-refractivity contribution < 1.29 is 0 Å². The summed E-state index contributed by atoms with van der Waals surface area (Å²) in [5.41, 5.74) is 2.99. The highest BCUT2D eigenvalue weighted by molar-refractivity contribution is 5.41. The largest absolute Gasteiger partial charge is 0.0654 e. The maximum atomic E-state index is 2.36. The molecule has 1 aromatic carbocycles. The maximum absolute atomic E-state index is 2.36. The lowest BCUT2D eigenvalue weighted by Gasteiger charge is -2.17. The smallest absolute Gasteiger partial charge is 0.00153 e. The standard InChI is InChI=1S/C16H22/c1-2-3-7-10-16(13-15(16)11-12-15)14-8-5-4-6-9-14/h4-6,8-9H,2-3,7,10-13H2,1H3. The lowest BCUT2D eigenvalue weighted by molar-refractivity contribution is 0.507. The molecule has 0 heteroatoms. The van der Waals surface area contributed by atoms with Crippen LogP contribution in [-0.2, 0) is 5.41 Å². The summed E-state index contributed by atoms with van der Waals surface area (Å²) >= 11 is 0. The Morgan fingerprint density at radius 1 is 1.06 bits per heavy atom. The Hall–Kier alpha value is -0.780. The fraction of sp³-hybridized carbons (Fsp3) is 0.625. The number of hydrogen-bond donors (Lipinski definition) is 0. The van der Waals surface area contributed by atoms with Gasteiger partial charge in [0.15, 0.2) is 0 Å². The third kappa shape index (κ3) is 1.43. The molecule has 2 aliphatic rings. The molecule has 2 saturated carbocycles. The topological polar surface area (TPSA) is 0 Å². The van der Waals surface area contributed by atoms with Gasteiger partial charge in [-0.05, 0) is 36.7 Å². The van der Waals surface area contributed by atoms with Gasteiger partial charge in [0.1, 0.15) is 0 Å². The minimum absolute atomic E-state index is 0.601. The Morgan fingerprint density at radius 2 is 1.81 bits per heavy atom. The van der Waals surface area contributed by atoms with Gasteiger partial charge in [-0.3, -0.25) is 0 Å². The molecule has 0 amide bonds. The summed E-state index contributed by atoms with van der Waals surface area (Å²) in [6.07, 6.45) is 10.1. The van der Waals surface area contributed by atoms with Crippen LogP contribution in [0.3, 0.4) is 0 Å². The van der Waals surface area contributed by atoms with Crippen molar-refractivity contribution in [2.24, 2.45) is 5.41 Å². The van der Waals surface area contributed by atoms with Crippen molar-refractivity contribution in [3.63, 3.8) is 0 Å². The van der Waals surface area contributed by atoms with E-state index in [0.29, 0.717) is 5.41 Å². The average molecular weight is 214 g/mol. The summed E-state index contributed by atoms with van der Waals surface area (Å²) in [4.78, 5) is 0. The predicted molar refractivity (Wildman–Crippen MR) is 68.5 cm³/mol. The molecule has 2 fully saturated rings. The zero-order valence-electron chi connectivity index (χ0n) is 10.3. The second-order valence-corrected chi connectivity index (χ2v) is 5.86. The van der Waals surface area contributed by atoms with Crippen molar-refractivity contribution in [2.45, 2.75) is 57.3 Å². The summed E-state index contributed by atoms with van der Waals surface area (Å²) in [5, 5.41) is 0. The normalized spacial score (nSPS) is 29.3. The van der Waals surface area contributed by atoms with E-state index in [2.05, 4.69) is 37.3 Å². The monoisotopic (exact) mass is 214 g/mol. The lowest BCUT2D eigenvalue weighted by atomic mass is 9.87. The van der Waals surface area contributed by atoms with Crippen LogP contribution in [0.25, 0.3) is 0 Å².